The fraction of sp³-hybridized carbons (Fsp3) is 0.462. The monoisotopic (exact) mass is 214 g/mol. The predicted octanol–water partition coefficient (Wildman–Crippen LogP) is 1.52. The molecule has 2 aliphatic rings. The molecule has 1 aromatic rings. The van der Waals surface area contributed by atoms with E-state index in [2.05, 4.69) is 11.0 Å². The number of nitriles is 1. The van der Waals surface area contributed by atoms with Crippen molar-refractivity contribution in [3.05, 3.63) is 29.8 Å². The largest absolute Gasteiger partial charge is 0.386 e. The highest BCUT2D eigenvalue weighted by molar-refractivity contribution is 5.61. The van der Waals surface area contributed by atoms with E-state index >= 15 is 0 Å². The van der Waals surface area contributed by atoms with Crippen LogP contribution in [0.1, 0.15) is 18.4 Å². The number of hydrogen-bond donors (Lipinski definition) is 1. The molecule has 0 amide bonds. The Labute approximate surface area is 94.9 Å². The van der Waals surface area contributed by atoms with Crippen molar-refractivity contribution in [3.63, 3.8) is 0 Å². The van der Waals surface area contributed by atoms with Gasteiger partial charge in [0.25, 0.3) is 0 Å². The zero-order chi connectivity index (χ0) is 11.2. The standard InChI is InChI=1S/C13H14N2O/c14-7-10-3-1-2-4-12(10)15-8-13(16,9-15)11-5-6-11/h1-4,11,16H,5-6,8-9H2. The number of hydrogen-bond acceptors (Lipinski definition) is 3. The van der Waals surface area contributed by atoms with Crippen LogP contribution in [0.25, 0.3) is 0 Å². The minimum absolute atomic E-state index is 0.484. The Morgan fingerprint density at radius 3 is 2.62 bits per heavy atom. The van der Waals surface area contributed by atoms with Crippen LogP contribution < -0.4 is 4.90 Å². The lowest BCUT2D eigenvalue weighted by Crippen LogP contribution is -2.63. The first-order chi connectivity index (χ1) is 7.73. The van der Waals surface area contributed by atoms with Crippen LogP contribution in [0.4, 0.5) is 5.69 Å². The number of β-amino-alcohol motifs (C(OH)–C–C–N with tert-alkyl or cyclic N) is 1. The number of anilines is 1. The van der Waals surface area contributed by atoms with Gasteiger partial charge in [0.05, 0.1) is 11.3 Å². The van der Waals surface area contributed by atoms with Gasteiger partial charge in [0, 0.05) is 13.1 Å². The van der Waals surface area contributed by atoms with Crippen molar-refractivity contribution in [2.24, 2.45) is 5.92 Å². The van der Waals surface area contributed by atoms with Crippen molar-refractivity contribution in [2.45, 2.75) is 18.4 Å². The normalized spacial score (nSPS) is 22.4. The quantitative estimate of drug-likeness (QED) is 0.812. The van der Waals surface area contributed by atoms with E-state index in [4.69, 9.17) is 5.26 Å². The number of nitrogens with zero attached hydrogens (tertiary/aromatic N) is 2. The first kappa shape index (κ1) is 9.68. The summed E-state index contributed by atoms with van der Waals surface area (Å²) in [6.07, 6.45) is 2.31. The molecule has 1 aliphatic heterocycles. The van der Waals surface area contributed by atoms with Gasteiger partial charge in [-0.05, 0) is 30.9 Å². The van der Waals surface area contributed by atoms with Crippen LogP contribution in [0.5, 0.6) is 0 Å². The van der Waals surface area contributed by atoms with E-state index in [0.717, 1.165) is 18.5 Å². The molecule has 1 aliphatic carbocycles. The van der Waals surface area contributed by atoms with E-state index in [1.54, 1.807) is 0 Å². The molecule has 82 valence electrons. The summed E-state index contributed by atoms with van der Waals surface area (Å²) in [5.41, 5.74) is 1.17. The molecule has 0 unspecified atom stereocenters. The molecule has 3 heteroatoms. The molecule has 16 heavy (non-hydrogen) atoms. The van der Waals surface area contributed by atoms with Crippen LogP contribution in [-0.4, -0.2) is 23.8 Å². The average Bonchev–Trinajstić information content (AvgIpc) is 3.09. The molecule has 0 spiro atoms. The van der Waals surface area contributed by atoms with E-state index in [9.17, 15) is 5.11 Å². The zero-order valence-corrected chi connectivity index (χ0v) is 9.06. The minimum Gasteiger partial charge on any atom is -0.386 e. The predicted molar refractivity (Wildman–Crippen MR) is 61.0 cm³/mol. The Kier molecular flexibility index (Phi) is 1.95. The molecule has 1 saturated carbocycles. The third-order valence-corrected chi connectivity index (χ3v) is 3.63. The smallest absolute Gasteiger partial charge is 0.102 e. The fourth-order valence-electron chi connectivity index (χ4n) is 2.51. The lowest BCUT2D eigenvalue weighted by Gasteiger charge is -2.48. The molecule has 0 aromatic heterocycles. The summed E-state index contributed by atoms with van der Waals surface area (Å²) >= 11 is 0. The fourth-order valence-corrected chi connectivity index (χ4v) is 2.51. The molecule has 1 saturated heterocycles. The maximum atomic E-state index is 10.2. The third-order valence-electron chi connectivity index (χ3n) is 3.63. The number of para-hydroxylation sites is 1. The van der Waals surface area contributed by atoms with Gasteiger partial charge < -0.3 is 10.0 Å². The molecule has 0 bridgehead atoms. The second-order valence-corrected chi connectivity index (χ2v) is 4.86. The summed E-state index contributed by atoms with van der Waals surface area (Å²) in [7, 11) is 0. The molecule has 1 aromatic carbocycles. The molecule has 3 nitrogen and oxygen atoms in total. The molecule has 1 N–H and O–H groups in total. The van der Waals surface area contributed by atoms with Crippen LogP contribution in [0.15, 0.2) is 24.3 Å². The van der Waals surface area contributed by atoms with Crippen molar-refractivity contribution in [1.29, 1.82) is 5.26 Å². The SMILES string of the molecule is N#Cc1ccccc1N1CC(O)(C2CC2)C1. The average molecular weight is 214 g/mol. The maximum Gasteiger partial charge on any atom is 0.102 e. The van der Waals surface area contributed by atoms with Crippen molar-refractivity contribution in [3.8, 4) is 6.07 Å². The van der Waals surface area contributed by atoms with E-state index < -0.39 is 5.60 Å². The summed E-state index contributed by atoms with van der Waals surface area (Å²) in [4.78, 5) is 2.09. The van der Waals surface area contributed by atoms with Crippen LogP contribution >= 0.6 is 0 Å². The van der Waals surface area contributed by atoms with E-state index in [0.29, 0.717) is 24.6 Å². The van der Waals surface area contributed by atoms with Gasteiger partial charge in [-0.3, -0.25) is 0 Å². The van der Waals surface area contributed by atoms with E-state index in [1.807, 2.05) is 24.3 Å². The Balaban J connectivity index is 1.78. The summed E-state index contributed by atoms with van der Waals surface area (Å²) in [6, 6.07) is 9.77. The summed E-state index contributed by atoms with van der Waals surface area (Å²) in [6.45, 7) is 1.35. The molecular formula is C13H14N2O. The summed E-state index contributed by atoms with van der Waals surface area (Å²) in [5, 5.41) is 19.2. The minimum atomic E-state index is -0.484. The second kappa shape index (κ2) is 3.23. The molecule has 3 rings (SSSR count). The van der Waals surface area contributed by atoms with Gasteiger partial charge in [0.2, 0.25) is 0 Å². The van der Waals surface area contributed by atoms with Crippen LogP contribution in [0.2, 0.25) is 0 Å². The van der Waals surface area contributed by atoms with Gasteiger partial charge in [0.1, 0.15) is 11.7 Å². The molecular weight excluding hydrogens is 200 g/mol. The first-order valence-electron chi connectivity index (χ1n) is 5.69. The van der Waals surface area contributed by atoms with E-state index in [-0.39, 0.29) is 0 Å². The highest BCUT2D eigenvalue weighted by Crippen LogP contribution is 2.45. The maximum absolute atomic E-state index is 10.2. The van der Waals surface area contributed by atoms with Crippen molar-refractivity contribution < 1.29 is 5.11 Å². The Morgan fingerprint density at radius 2 is 2.00 bits per heavy atom. The Morgan fingerprint density at radius 1 is 1.31 bits per heavy atom. The number of aliphatic hydroxyl groups is 1. The number of benzene rings is 1. The number of rotatable bonds is 2. The first-order valence-corrected chi connectivity index (χ1v) is 5.69. The van der Waals surface area contributed by atoms with Crippen LogP contribution in [-0.2, 0) is 0 Å². The van der Waals surface area contributed by atoms with Gasteiger partial charge in [-0.25, -0.2) is 0 Å². The van der Waals surface area contributed by atoms with Gasteiger partial charge >= 0.3 is 0 Å². The molecule has 1 heterocycles. The highest BCUT2D eigenvalue weighted by atomic mass is 16.3. The van der Waals surface area contributed by atoms with Crippen LogP contribution in [0, 0.1) is 17.2 Å². The zero-order valence-electron chi connectivity index (χ0n) is 9.06. The molecule has 2 fully saturated rings. The van der Waals surface area contributed by atoms with E-state index in [1.165, 1.54) is 0 Å². The summed E-state index contributed by atoms with van der Waals surface area (Å²) in [5.74, 6) is 0.498. The van der Waals surface area contributed by atoms with Gasteiger partial charge in [-0.15, -0.1) is 0 Å². The van der Waals surface area contributed by atoms with Crippen molar-refractivity contribution in [1.82, 2.24) is 0 Å². The van der Waals surface area contributed by atoms with Gasteiger partial charge in [0.15, 0.2) is 0 Å². The van der Waals surface area contributed by atoms with Crippen LogP contribution in [0.3, 0.4) is 0 Å². The van der Waals surface area contributed by atoms with Crippen molar-refractivity contribution >= 4 is 5.69 Å². The second-order valence-electron chi connectivity index (χ2n) is 4.86. The highest BCUT2D eigenvalue weighted by Gasteiger charge is 2.52. The lowest BCUT2D eigenvalue weighted by atomic mass is 9.88. The van der Waals surface area contributed by atoms with Gasteiger partial charge in [-0.2, -0.15) is 5.26 Å². The third kappa shape index (κ3) is 1.38. The van der Waals surface area contributed by atoms with Gasteiger partial charge in [-0.1, -0.05) is 12.1 Å². The molecule has 0 radical (unpaired) electrons. The Bertz CT molecular complexity index is 453. The topological polar surface area (TPSA) is 47.3 Å². The molecule has 0 atom stereocenters. The summed E-state index contributed by atoms with van der Waals surface area (Å²) < 4.78 is 0. The van der Waals surface area contributed by atoms with Crippen molar-refractivity contribution in [2.75, 3.05) is 18.0 Å². The lowest BCUT2D eigenvalue weighted by molar-refractivity contribution is -0.00932. The Hall–Kier alpha value is -1.53.